The Hall–Kier alpha value is -2.03. The van der Waals surface area contributed by atoms with E-state index in [1.54, 1.807) is 0 Å². The van der Waals surface area contributed by atoms with Crippen LogP contribution in [0.3, 0.4) is 0 Å². The highest BCUT2D eigenvalue weighted by Gasteiger charge is 2.51. The van der Waals surface area contributed by atoms with Crippen molar-refractivity contribution in [1.82, 2.24) is 0 Å². The fourth-order valence-electron chi connectivity index (χ4n) is 5.66. The molecule has 286 valence electrons. The number of rotatable bonds is 23. The number of hydrogen-bond acceptors (Lipinski definition) is 16. The minimum atomic E-state index is -1.82. The van der Waals surface area contributed by atoms with Crippen LogP contribution in [0.5, 0.6) is 0 Å². The Kier molecular flexibility index (Phi) is 20.0. The zero-order valence-corrected chi connectivity index (χ0v) is 28.3. The zero-order chi connectivity index (χ0) is 36.5. The second-order valence-corrected chi connectivity index (χ2v) is 12.7. The first-order chi connectivity index (χ1) is 23.2. The molecule has 49 heavy (non-hydrogen) atoms. The minimum absolute atomic E-state index is 0.221. The van der Waals surface area contributed by atoms with E-state index in [9.17, 15) is 50.1 Å². The van der Waals surface area contributed by atoms with Gasteiger partial charge in [0, 0.05) is 13.8 Å². The van der Waals surface area contributed by atoms with Crippen LogP contribution in [0.2, 0.25) is 0 Å². The van der Waals surface area contributed by atoms with E-state index in [-0.39, 0.29) is 13.0 Å². The van der Waals surface area contributed by atoms with E-state index in [4.69, 9.17) is 33.5 Å². The molecule has 0 amide bonds. The third-order valence-corrected chi connectivity index (χ3v) is 8.44. The number of carbonyl (C=O) groups is 3. The number of esters is 2. The van der Waals surface area contributed by atoms with Gasteiger partial charge in [0.25, 0.3) is 0 Å². The number of aliphatic hydroxyl groups is 7. The molecule has 2 fully saturated rings. The lowest BCUT2D eigenvalue weighted by Gasteiger charge is -2.46. The molecule has 17 heteroatoms. The topological polar surface area (TPSA) is 268 Å². The molecule has 0 aliphatic carbocycles. The van der Waals surface area contributed by atoms with E-state index in [1.165, 1.54) is 0 Å². The SMILES string of the molecule is CC(=O)OC[C@H]1O[C@@H](O[C@H]2[C@H](O)[C@@H](O)[C@H](OCC(O)CCCCCCCCCCCC(O)CC(=O)O)O[C@@H]2COC(C)=O)[C@H](O)[C@@H](O)[C@@H]1O. The van der Waals surface area contributed by atoms with Crippen molar-refractivity contribution in [2.24, 2.45) is 0 Å². The van der Waals surface area contributed by atoms with Gasteiger partial charge in [-0.25, -0.2) is 0 Å². The van der Waals surface area contributed by atoms with Crippen LogP contribution in [0, 0.1) is 0 Å². The number of carboxylic acids is 1. The summed E-state index contributed by atoms with van der Waals surface area (Å²) in [6.07, 6.45) is -8.36. The molecule has 2 rings (SSSR count). The molecule has 0 radical (unpaired) electrons. The fourth-order valence-corrected chi connectivity index (χ4v) is 5.66. The Balaban J connectivity index is 1.77. The van der Waals surface area contributed by atoms with Gasteiger partial charge in [0.15, 0.2) is 12.6 Å². The molecular weight excluding hydrogens is 656 g/mol. The predicted octanol–water partition coefficient (Wildman–Crippen LogP) is -0.744. The summed E-state index contributed by atoms with van der Waals surface area (Å²) in [7, 11) is 0. The zero-order valence-electron chi connectivity index (χ0n) is 28.3. The molecule has 0 aromatic rings. The van der Waals surface area contributed by atoms with Crippen LogP contribution in [0.25, 0.3) is 0 Å². The summed E-state index contributed by atoms with van der Waals surface area (Å²) in [5.41, 5.74) is 0. The van der Waals surface area contributed by atoms with Crippen LogP contribution >= 0.6 is 0 Å². The van der Waals surface area contributed by atoms with E-state index in [2.05, 4.69) is 0 Å². The number of unbranched alkanes of at least 4 members (excludes halogenated alkanes) is 8. The molecule has 0 saturated carbocycles. The van der Waals surface area contributed by atoms with Gasteiger partial charge in [0.2, 0.25) is 0 Å². The lowest BCUT2D eigenvalue weighted by Crippen LogP contribution is -2.65. The van der Waals surface area contributed by atoms with Gasteiger partial charge in [0.1, 0.15) is 62.0 Å². The van der Waals surface area contributed by atoms with Crippen LogP contribution < -0.4 is 0 Å². The van der Waals surface area contributed by atoms with Gasteiger partial charge in [-0.3, -0.25) is 14.4 Å². The fraction of sp³-hybridized carbons (Fsp3) is 0.906. The lowest BCUT2D eigenvalue weighted by molar-refractivity contribution is -0.360. The first-order valence-corrected chi connectivity index (χ1v) is 17.0. The van der Waals surface area contributed by atoms with E-state index in [0.29, 0.717) is 12.8 Å². The Labute approximate surface area is 286 Å². The van der Waals surface area contributed by atoms with Crippen LogP contribution in [-0.4, -0.2) is 152 Å². The van der Waals surface area contributed by atoms with E-state index in [1.807, 2.05) is 0 Å². The van der Waals surface area contributed by atoms with Gasteiger partial charge in [-0.15, -0.1) is 0 Å². The summed E-state index contributed by atoms with van der Waals surface area (Å²) in [5.74, 6) is -2.36. The van der Waals surface area contributed by atoms with Crippen molar-refractivity contribution in [2.45, 2.75) is 165 Å². The second kappa shape index (κ2) is 22.7. The second-order valence-electron chi connectivity index (χ2n) is 12.7. The normalized spacial score (nSPS) is 31.5. The summed E-state index contributed by atoms with van der Waals surface area (Å²) in [6, 6.07) is 0. The molecule has 2 heterocycles. The van der Waals surface area contributed by atoms with Gasteiger partial charge in [0.05, 0.1) is 25.2 Å². The third kappa shape index (κ3) is 15.8. The molecule has 0 spiro atoms. The first-order valence-electron chi connectivity index (χ1n) is 17.0. The number of carboxylic acid groups (broad SMARTS) is 1. The first kappa shape index (κ1) is 43.1. The van der Waals surface area contributed by atoms with Gasteiger partial charge in [-0.1, -0.05) is 57.8 Å². The molecule has 2 unspecified atom stereocenters. The Morgan fingerprint density at radius 2 is 1.08 bits per heavy atom. The number of carbonyl (C=O) groups excluding carboxylic acids is 2. The number of hydrogen-bond donors (Lipinski definition) is 8. The minimum Gasteiger partial charge on any atom is -0.481 e. The molecule has 2 saturated heterocycles. The number of aliphatic carboxylic acids is 1. The highest BCUT2D eigenvalue weighted by Crippen LogP contribution is 2.30. The Morgan fingerprint density at radius 3 is 1.61 bits per heavy atom. The van der Waals surface area contributed by atoms with Crippen LogP contribution in [0.1, 0.15) is 90.9 Å². The third-order valence-electron chi connectivity index (χ3n) is 8.44. The monoisotopic (exact) mass is 712 g/mol. The van der Waals surface area contributed by atoms with Crippen LogP contribution in [0.15, 0.2) is 0 Å². The largest absolute Gasteiger partial charge is 0.481 e. The van der Waals surface area contributed by atoms with E-state index in [0.717, 1.165) is 71.6 Å². The number of ether oxygens (including phenoxy) is 6. The molecule has 2 aliphatic rings. The summed E-state index contributed by atoms with van der Waals surface area (Å²) < 4.78 is 32.4. The molecule has 0 bridgehead atoms. The van der Waals surface area contributed by atoms with Crippen LogP contribution in [-0.2, 0) is 42.8 Å². The summed E-state index contributed by atoms with van der Waals surface area (Å²) in [4.78, 5) is 33.3. The van der Waals surface area contributed by atoms with E-state index < -0.39 is 105 Å². The summed E-state index contributed by atoms with van der Waals surface area (Å²) in [5, 5.41) is 81.4. The summed E-state index contributed by atoms with van der Waals surface area (Å²) in [6.45, 7) is 1.10. The van der Waals surface area contributed by atoms with Crippen molar-refractivity contribution < 1.29 is 83.7 Å². The van der Waals surface area contributed by atoms with Crippen LogP contribution in [0.4, 0.5) is 0 Å². The molecule has 8 N–H and O–H groups in total. The van der Waals surface area contributed by atoms with Gasteiger partial charge in [-0.2, -0.15) is 0 Å². The van der Waals surface area contributed by atoms with Gasteiger partial charge in [-0.05, 0) is 12.8 Å². The maximum atomic E-state index is 11.5. The lowest BCUT2D eigenvalue weighted by atomic mass is 9.97. The van der Waals surface area contributed by atoms with Crippen molar-refractivity contribution in [2.75, 3.05) is 19.8 Å². The van der Waals surface area contributed by atoms with E-state index >= 15 is 0 Å². The maximum absolute atomic E-state index is 11.5. The molecule has 0 aromatic carbocycles. The average molecular weight is 713 g/mol. The van der Waals surface area contributed by atoms with Crippen molar-refractivity contribution in [3.8, 4) is 0 Å². The van der Waals surface area contributed by atoms with Gasteiger partial charge >= 0.3 is 17.9 Å². The molecule has 2 aliphatic heterocycles. The van der Waals surface area contributed by atoms with Crippen molar-refractivity contribution in [1.29, 1.82) is 0 Å². The van der Waals surface area contributed by atoms with Crippen molar-refractivity contribution >= 4 is 17.9 Å². The average Bonchev–Trinajstić information content (AvgIpc) is 3.03. The standard InChI is InChI=1S/C32H56O17/c1-18(33)44-16-22-25(39)26(40)28(42)32(47-22)49-30-23(17-45-19(2)34)48-31(29(43)27(30)41)46-15-21(36)13-11-9-7-5-3-4-6-8-10-12-20(35)14-24(37)38/h20-23,25-32,35-36,39-43H,3-17H2,1-2H3,(H,37,38)/t20?,21?,22-,23-,25-,26+,27-,28-,29-,30-,31-,32+/m1/s1. The van der Waals surface area contributed by atoms with Crippen molar-refractivity contribution in [3.05, 3.63) is 0 Å². The Bertz CT molecular complexity index is 968. The highest BCUT2D eigenvalue weighted by atomic mass is 16.7. The molecule has 12 atom stereocenters. The molecule has 0 aromatic heterocycles. The van der Waals surface area contributed by atoms with Gasteiger partial charge < -0.3 is 69.3 Å². The van der Waals surface area contributed by atoms with Crippen molar-refractivity contribution in [3.63, 3.8) is 0 Å². The molecular formula is C32H56O17. The predicted molar refractivity (Wildman–Crippen MR) is 167 cm³/mol. The Morgan fingerprint density at radius 1 is 0.612 bits per heavy atom. The smallest absolute Gasteiger partial charge is 0.305 e. The highest BCUT2D eigenvalue weighted by molar-refractivity contribution is 5.67. The number of aliphatic hydroxyl groups excluding tert-OH is 7. The quantitative estimate of drug-likeness (QED) is 0.0479. The maximum Gasteiger partial charge on any atom is 0.305 e. The molecule has 17 nitrogen and oxygen atoms in total. The summed E-state index contributed by atoms with van der Waals surface area (Å²) >= 11 is 0.